The molecule has 210 valence electrons. The van der Waals surface area contributed by atoms with Crippen LogP contribution < -0.4 is 14.4 Å². The van der Waals surface area contributed by atoms with Gasteiger partial charge in [0.15, 0.2) is 17.3 Å². The highest BCUT2D eigenvalue weighted by atomic mass is 16.5. The zero-order valence-electron chi connectivity index (χ0n) is 23.8. The number of hydrogen-bond acceptors (Lipinski definition) is 7. The normalized spacial score (nSPS) is 18.3. The van der Waals surface area contributed by atoms with E-state index in [1.807, 2.05) is 13.0 Å². The monoisotopic (exact) mass is 532 g/mol. The second kappa shape index (κ2) is 12.2. The molecule has 2 saturated heterocycles. The van der Waals surface area contributed by atoms with E-state index in [0.29, 0.717) is 6.61 Å². The highest BCUT2D eigenvalue weighted by Gasteiger charge is 2.27. The molecule has 6 rings (SSSR count). The number of furan rings is 1. The molecule has 0 N–H and O–H groups in total. The number of hydrogen-bond donors (Lipinski definition) is 0. The van der Waals surface area contributed by atoms with Gasteiger partial charge in [-0.25, -0.2) is 4.98 Å². The molecule has 2 fully saturated rings. The summed E-state index contributed by atoms with van der Waals surface area (Å²) in [4.78, 5) is 12.9. The van der Waals surface area contributed by atoms with E-state index in [-0.39, 0.29) is 0 Å². The number of aryl methyl sites for hydroxylation is 1. The lowest BCUT2D eigenvalue weighted by atomic mass is 9.95. The summed E-state index contributed by atoms with van der Waals surface area (Å²) in [6.07, 6.45) is 9.66. The molecule has 2 aromatic heterocycles. The molecule has 7 heteroatoms. The van der Waals surface area contributed by atoms with Gasteiger partial charge >= 0.3 is 0 Å². The van der Waals surface area contributed by atoms with Crippen molar-refractivity contribution in [1.29, 1.82) is 0 Å². The SMILES string of the molecule is COc1cc2c3c(c(-c4ccc(C)o4)nc2cc1OCCCN1CCCC1)CCCN3CCCN1CCCC1. The summed E-state index contributed by atoms with van der Waals surface area (Å²) in [5, 5.41) is 1.15. The van der Waals surface area contributed by atoms with E-state index in [9.17, 15) is 0 Å². The summed E-state index contributed by atoms with van der Waals surface area (Å²) in [5.41, 5.74) is 4.51. The number of nitrogens with zero attached hydrogens (tertiary/aromatic N) is 4. The molecule has 0 bridgehead atoms. The maximum absolute atomic E-state index is 6.30. The van der Waals surface area contributed by atoms with Crippen LogP contribution >= 0.6 is 0 Å². The van der Waals surface area contributed by atoms with E-state index in [1.165, 1.54) is 76.1 Å². The number of methoxy groups -OCH3 is 1. The van der Waals surface area contributed by atoms with Crippen LogP contribution in [0.15, 0.2) is 28.7 Å². The van der Waals surface area contributed by atoms with Gasteiger partial charge in [-0.1, -0.05) is 0 Å². The molecule has 7 nitrogen and oxygen atoms in total. The topological polar surface area (TPSA) is 54.2 Å². The van der Waals surface area contributed by atoms with Crippen molar-refractivity contribution in [3.63, 3.8) is 0 Å². The molecular weight excluding hydrogens is 488 g/mol. The minimum atomic E-state index is 0.677. The molecule has 0 spiro atoms. The van der Waals surface area contributed by atoms with Gasteiger partial charge in [0.1, 0.15) is 11.5 Å². The molecule has 3 aliphatic heterocycles. The third-order valence-electron chi connectivity index (χ3n) is 8.66. The fourth-order valence-electron chi connectivity index (χ4n) is 6.68. The van der Waals surface area contributed by atoms with Crippen LogP contribution in [0.5, 0.6) is 11.5 Å². The van der Waals surface area contributed by atoms with Gasteiger partial charge in [0.05, 0.1) is 24.9 Å². The molecule has 0 amide bonds. The number of likely N-dealkylation sites (tertiary alicyclic amines) is 2. The smallest absolute Gasteiger partial charge is 0.163 e. The molecule has 0 radical (unpaired) electrons. The van der Waals surface area contributed by atoms with Gasteiger partial charge in [-0.2, -0.15) is 0 Å². The first-order valence-corrected chi connectivity index (χ1v) is 15.1. The van der Waals surface area contributed by atoms with Gasteiger partial charge < -0.3 is 28.6 Å². The molecular formula is C32H44N4O3. The van der Waals surface area contributed by atoms with Crippen molar-refractivity contribution in [3.05, 3.63) is 35.6 Å². The molecule has 0 unspecified atom stereocenters. The molecule has 0 atom stereocenters. The molecule has 39 heavy (non-hydrogen) atoms. The minimum absolute atomic E-state index is 0.677. The zero-order valence-corrected chi connectivity index (χ0v) is 23.8. The van der Waals surface area contributed by atoms with E-state index in [2.05, 4.69) is 32.9 Å². The second-order valence-corrected chi connectivity index (χ2v) is 11.5. The summed E-state index contributed by atoms with van der Waals surface area (Å²) >= 11 is 0. The standard InChI is InChI=1S/C32H44N4O3/c1-24-11-12-28(39-24)31-25-10-7-19-36(20-8-17-34-13-3-4-14-34)32(25)26-22-29(37-2)30(23-27(26)33-31)38-21-9-18-35-15-5-6-16-35/h11-12,22-23H,3-10,13-21H2,1-2H3. The van der Waals surface area contributed by atoms with Crippen molar-refractivity contribution < 1.29 is 13.9 Å². The maximum Gasteiger partial charge on any atom is 0.163 e. The largest absolute Gasteiger partial charge is 0.493 e. The Labute approximate surface area is 233 Å². The highest BCUT2D eigenvalue weighted by Crippen LogP contribution is 2.43. The molecule has 5 heterocycles. The van der Waals surface area contributed by atoms with Crippen molar-refractivity contribution >= 4 is 16.6 Å². The molecule has 0 aliphatic carbocycles. The number of benzene rings is 1. The van der Waals surface area contributed by atoms with Crippen molar-refractivity contribution in [2.75, 3.05) is 71.0 Å². The zero-order chi connectivity index (χ0) is 26.6. The van der Waals surface area contributed by atoms with Crippen molar-refractivity contribution in [1.82, 2.24) is 14.8 Å². The van der Waals surface area contributed by atoms with Crippen LogP contribution in [0.1, 0.15) is 56.3 Å². The van der Waals surface area contributed by atoms with Crippen LogP contribution in [0.25, 0.3) is 22.4 Å². The first-order chi connectivity index (χ1) is 19.2. The van der Waals surface area contributed by atoms with Gasteiger partial charge in [-0.15, -0.1) is 0 Å². The van der Waals surface area contributed by atoms with Gasteiger partial charge in [-0.05, 0) is 109 Å². The van der Waals surface area contributed by atoms with E-state index >= 15 is 0 Å². The van der Waals surface area contributed by atoms with E-state index in [0.717, 1.165) is 78.5 Å². The molecule has 1 aromatic carbocycles. The number of anilines is 1. The second-order valence-electron chi connectivity index (χ2n) is 11.5. The number of ether oxygens (including phenoxy) is 2. The summed E-state index contributed by atoms with van der Waals surface area (Å²) in [6.45, 7) is 12.0. The van der Waals surface area contributed by atoms with E-state index in [1.54, 1.807) is 7.11 Å². The Hall–Kier alpha value is -2.77. The lowest BCUT2D eigenvalue weighted by Crippen LogP contribution is -2.33. The first-order valence-electron chi connectivity index (χ1n) is 15.1. The Bertz CT molecular complexity index is 1260. The summed E-state index contributed by atoms with van der Waals surface area (Å²) in [6, 6.07) is 8.34. The predicted octanol–water partition coefficient (Wildman–Crippen LogP) is 5.92. The lowest BCUT2D eigenvalue weighted by molar-refractivity contribution is 0.254. The molecule has 3 aromatic rings. The molecule has 0 saturated carbocycles. The maximum atomic E-state index is 6.30. The number of pyridine rings is 1. The lowest BCUT2D eigenvalue weighted by Gasteiger charge is -2.34. The summed E-state index contributed by atoms with van der Waals surface area (Å²) in [7, 11) is 1.74. The fraction of sp³-hybridized carbons (Fsp3) is 0.594. The van der Waals surface area contributed by atoms with Gasteiger partial charge in [0.25, 0.3) is 0 Å². The van der Waals surface area contributed by atoms with Gasteiger partial charge in [0, 0.05) is 36.7 Å². The van der Waals surface area contributed by atoms with Crippen LogP contribution in [0, 0.1) is 6.92 Å². The Morgan fingerprint density at radius 3 is 2.28 bits per heavy atom. The van der Waals surface area contributed by atoms with Crippen molar-refractivity contribution in [2.45, 2.75) is 58.3 Å². The number of aromatic nitrogens is 1. The van der Waals surface area contributed by atoms with E-state index < -0.39 is 0 Å². The number of rotatable bonds is 11. The Morgan fingerprint density at radius 1 is 0.846 bits per heavy atom. The predicted molar refractivity (Wildman–Crippen MR) is 157 cm³/mol. The average Bonchev–Trinajstić information content (AvgIpc) is 3.74. The molecule has 3 aliphatic rings. The van der Waals surface area contributed by atoms with Crippen molar-refractivity contribution in [2.24, 2.45) is 0 Å². The Kier molecular flexibility index (Phi) is 8.26. The average molecular weight is 533 g/mol. The quantitative estimate of drug-likeness (QED) is 0.284. The van der Waals surface area contributed by atoms with Crippen LogP contribution in [0.3, 0.4) is 0 Å². The van der Waals surface area contributed by atoms with E-state index in [4.69, 9.17) is 18.9 Å². The van der Waals surface area contributed by atoms with Crippen LogP contribution in [-0.4, -0.2) is 80.9 Å². The Balaban J connectivity index is 1.31. The van der Waals surface area contributed by atoms with Crippen LogP contribution in [-0.2, 0) is 6.42 Å². The minimum Gasteiger partial charge on any atom is -0.493 e. The number of fused-ring (bicyclic) bond motifs is 3. The Morgan fingerprint density at radius 2 is 1.59 bits per heavy atom. The highest BCUT2D eigenvalue weighted by molar-refractivity contribution is 5.98. The summed E-state index contributed by atoms with van der Waals surface area (Å²) in [5.74, 6) is 3.33. The fourth-order valence-corrected chi connectivity index (χ4v) is 6.68. The van der Waals surface area contributed by atoms with Gasteiger partial charge in [-0.3, -0.25) is 0 Å². The van der Waals surface area contributed by atoms with Gasteiger partial charge in [0.2, 0.25) is 0 Å². The van der Waals surface area contributed by atoms with Crippen LogP contribution in [0.2, 0.25) is 0 Å². The third-order valence-corrected chi connectivity index (χ3v) is 8.66. The van der Waals surface area contributed by atoms with Crippen molar-refractivity contribution in [3.8, 4) is 23.0 Å². The summed E-state index contributed by atoms with van der Waals surface area (Å²) < 4.78 is 18.3. The third kappa shape index (κ3) is 5.90. The first kappa shape index (κ1) is 26.5. The van der Waals surface area contributed by atoms with Crippen LogP contribution in [0.4, 0.5) is 5.69 Å².